The molecular formula is C22H16BrN3O3S. The third-order valence-electron chi connectivity index (χ3n) is 5.07. The molecule has 0 saturated carbocycles. The van der Waals surface area contributed by atoms with Crippen LogP contribution in [0.1, 0.15) is 52.5 Å². The Kier molecular flexibility index (Phi) is 4.56. The molecule has 1 aliphatic heterocycles. The van der Waals surface area contributed by atoms with E-state index in [9.17, 15) is 9.59 Å². The molecule has 1 atom stereocenters. The zero-order valence-electron chi connectivity index (χ0n) is 16.1. The van der Waals surface area contributed by atoms with Crippen LogP contribution in [0.4, 0.5) is 5.13 Å². The molecule has 30 heavy (non-hydrogen) atoms. The van der Waals surface area contributed by atoms with Gasteiger partial charge in [-0.05, 0) is 29.8 Å². The number of nitrogens with zero attached hydrogens (tertiary/aromatic N) is 3. The Morgan fingerprint density at radius 2 is 1.90 bits per heavy atom. The van der Waals surface area contributed by atoms with Crippen LogP contribution in [0.15, 0.2) is 62.2 Å². The van der Waals surface area contributed by atoms with Gasteiger partial charge in [0, 0.05) is 10.4 Å². The molecular weight excluding hydrogens is 466 g/mol. The topological polar surface area (TPSA) is 76.3 Å². The molecule has 2 aromatic heterocycles. The number of aromatic nitrogens is 2. The summed E-state index contributed by atoms with van der Waals surface area (Å²) in [6.07, 6.45) is 0. The Morgan fingerprint density at radius 3 is 2.63 bits per heavy atom. The summed E-state index contributed by atoms with van der Waals surface area (Å²) in [4.78, 5) is 28.4. The Labute approximate surface area is 184 Å². The van der Waals surface area contributed by atoms with E-state index in [4.69, 9.17) is 4.42 Å². The number of carbonyl (C=O) groups is 1. The van der Waals surface area contributed by atoms with Gasteiger partial charge in [0.1, 0.15) is 10.6 Å². The maximum atomic E-state index is 13.5. The minimum absolute atomic E-state index is 0.0602. The summed E-state index contributed by atoms with van der Waals surface area (Å²) >= 11 is 4.84. The Morgan fingerprint density at radius 1 is 1.10 bits per heavy atom. The summed E-state index contributed by atoms with van der Waals surface area (Å²) in [5.74, 6) is -0.141. The first-order valence-corrected chi connectivity index (χ1v) is 11.0. The Bertz CT molecular complexity index is 1360. The highest BCUT2D eigenvalue weighted by Crippen LogP contribution is 2.43. The van der Waals surface area contributed by atoms with Crippen molar-refractivity contribution in [2.75, 3.05) is 4.90 Å². The molecule has 0 unspecified atom stereocenters. The lowest BCUT2D eigenvalue weighted by Gasteiger charge is -2.22. The van der Waals surface area contributed by atoms with Crippen molar-refractivity contribution in [3.05, 3.63) is 85.1 Å². The number of rotatable bonds is 3. The second-order valence-electron chi connectivity index (χ2n) is 7.38. The Hall–Kier alpha value is -2.84. The molecule has 6 nitrogen and oxygen atoms in total. The molecule has 0 aliphatic carbocycles. The number of halogens is 1. The van der Waals surface area contributed by atoms with Crippen LogP contribution in [0.5, 0.6) is 0 Å². The molecule has 3 heterocycles. The average Bonchev–Trinajstić information content (AvgIpc) is 3.32. The van der Waals surface area contributed by atoms with Gasteiger partial charge in [0.2, 0.25) is 10.9 Å². The first kappa shape index (κ1) is 19.1. The van der Waals surface area contributed by atoms with Gasteiger partial charge in [0.05, 0.1) is 17.0 Å². The van der Waals surface area contributed by atoms with Crippen LogP contribution in [-0.4, -0.2) is 16.1 Å². The summed E-state index contributed by atoms with van der Waals surface area (Å²) in [7, 11) is 0. The number of para-hydroxylation sites is 1. The van der Waals surface area contributed by atoms with Crippen LogP contribution in [0.2, 0.25) is 0 Å². The maximum Gasteiger partial charge on any atom is 0.297 e. The van der Waals surface area contributed by atoms with E-state index in [0.717, 1.165) is 15.0 Å². The molecule has 8 heteroatoms. The molecule has 0 N–H and O–H groups in total. The number of amides is 1. The van der Waals surface area contributed by atoms with Crippen LogP contribution >= 0.6 is 27.3 Å². The van der Waals surface area contributed by atoms with Crippen LogP contribution < -0.4 is 10.3 Å². The SMILES string of the molecule is CC(C)c1nnc(N2C(=O)c3oc4ccccc4c(=O)c3[C@H]2c2cccc(Br)c2)s1. The minimum atomic E-state index is -0.640. The van der Waals surface area contributed by atoms with Crippen molar-refractivity contribution >= 4 is 49.3 Å². The van der Waals surface area contributed by atoms with Gasteiger partial charge >= 0.3 is 0 Å². The van der Waals surface area contributed by atoms with Gasteiger partial charge < -0.3 is 4.42 Å². The van der Waals surface area contributed by atoms with Crippen LogP contribution in [0, 0.1) is 0 Å². The van der Waals surface area contributed by atoms with E-state index in [-0.39, 0.29) is 23.0 Å². The summed E-state index contributed by atoms with van der Waals surface area (Å²) in [5, 5.41) is 10.2. The molecule has 0 saturated heterocycles. The van der Waals surface area contributed by atoms with E-state index in [2.05, 4.69) is 26.1 Å². The van der Waals surface area contributed by atoms with E-state index in [0.29, 0.717) is 21.7 Å². The number of anilines is 1. The van der Waals surface area contributed by atoms with Gasteiger partial charge in [-0.25, -0.2) is 0 Å². The lowest BCUT2D eigenvalue weighted by molar-refractivity contribution is 0.0970. The number of fused-ring (bicyclic) bond motifs is 2. The fourth-order valence-electron chi connectivity index (χ4n) is 3.67. The molecule has 1 amide bonds. The zero-order chi connectivity index (χ0) is 21.0. The van der Waals surface area contributed by atoms with E-state index < -0.39 is 6.04 Å². The number of hydrogen-bond acceptors (Lipinski definition) is 6. The maximum absolute atomic E-state index is 13.5. The first-order valence-electron chi connectivity index (χ1n) is 9.44. The standard InChI is InChI=1S/C22H16BrN3O3S/c1-11(2)20-24-25-22(30-20)26-17(12-6-5-7-13(23)10-12)16-18(27)14-8-3-4-9-15(14)29-19(16)21(26)28/h3-11,17H,1-2H3/t17-/m1/s1. The quantitative estimate of drug-likeness (QED) is 0.397. The van der Waals surface area contributed by atoms with Gasteiger partial charge in [-0.3, -0.25) is 14.5 Å². The van der Waals surface area contributed by atoms with Gasteiger partial charge in [0.15, 0.2) is 5.43 Å². The van der Waals surface area contributed by atoms with E-state index >= 15 is 0 Å². The second kappa shape index (κ2) is 7.14. The zero-order valence-corrected chi connectivity index (χ0v) is 18.5. The van der Waals surface area contributed by atoms with Crippen molar-refractivity contribution in [1.29, 1.82) is 0 Å². The predicted molar refractivity (Wildman–Crippen MR) is 119 cm³/mol. The van der Waals surface area contributed by atoms with Gasteiger partial charge in [0.25, 0.3) is 5.91 Å². The molecule has 0 fully saturated rings. The lowest BCUT2D eigenvalue weighted by Crippen LogP contribution is -2.29. The molecule has 1 aliphatic rings. The fourth-order valence-corrected chi connectivity index (χ4v) is 4.96. The van der Waals surface area contributed by atoms with Gasteiger partial charge in [-0.2, -0.15) is 0 Å². The molecule has 0 spiro atoms. The summed E-state index contributed by atoms with van der Waals surface area (Å²) in [6, 6.07) is 13.9. The fraction of sp³-hybridized carbons (Fsp3) is 0.182. The predicted octanol–water partition coefficient (Wildman–Crippen LogP) is 5.28. The van der Waals surface area contributed by atoms with Crippen LogP contribution in [-0.2, 0) is 0 Å². The van der Waals surface area contributed by atoms with Crippen molar-refractivity contribution in [1.82, 2.24) is 10.2 Å². The molecule has 0 radical (unpaired) electrons. The summed E-state index contributed by atoms with van der Waals surface area (Å²) < 4.78 is 6.79. The highest BCUT2D eigenvalue weighted by Gasteiger charge is 2.45. The van der Waals surface area contributed by atoms with Crippen molar-refractivity contribution in [2.24, 2.45) is 0 Å². The largest absolute Gasteiger partial charge is 0.450 e. The van der Waals surface area contributed by atoms with E-state index in [1.807, 2.05) is 38.1 Å². The first-order chi connectivity index (χ1) is 14.5. The number of carbonyl (C=O) groups excluding carboxylic acids is 1. The molecule has 4 aromatic rings. The second-order valence-corrected chi connectivity index (χ2v) is 9.28. The monoisotopic (exact) mass is 481 g/mol. The third-order valence-corrected chi connectivity index (χ3v) is 6.79. The lowest BCUT2D eigenvalue weighted by atomic mass is 9.99. The Balaban J connectivity index is 1.79. The third kappa shape index (κ3) is 2.90. The highest BCUT2D eigenvalue weighted by molar-refractivity contribution is 9.10. The summed E-state index contributed by atoms with van der Waals surface area (Å²) in [5.41, 5.74) is 1.31. The molecule has 2 aromatic carbocycles. The van der Waals surface area contributed by atoms with Crippen LogP contribution in [0.3, 0.4) is 0 Å². The number of hydrogen-bond donors (Lipinski definition) is 0. The molecule has 0 bridgehead atoms. The van der Waals surface area contributed by atoms with E-state index in [1.54, 1.807) is 24.3 Å². The van der Waals surface area contributed by atoms with Crippen molar-refractivity contribution in [3.63, 3.8) is 0 Å². The van der Waals surface area contributed by atoms with Crippen molar-refractivity contribution < 1.29 is 9.21 Å². The summed E-state index contributed by atoms with van der Waals surface area (Å²) in [6.45, 7) is 4.04. The van der Waals surface area contributed by atoms with Gasteiger partial charge in [-0.1, -0.05) is 65.4 Å². The highest BCUT2D eigenvalue weighted by atomic mass is 79.9. The van der Waals surface area contributed by atoms with Crippen molar-refractivity contribution in [2.45, 2.75) is 25.8 Å². The molecule has 150 valence electrons. The average molecular weight is 482 g/mol. The van der Waals surface area contributed by atoms with Crippen LogP contribution in [0.25, 0.3) is 11.0 Å². The minimum Gasteiger partial charge on any atom is -0.450 e. The molecule has 5 rings (SSSR count). The van der Waals surface area contributed by atoms with Gasteiger partial charge in [-0.15, -0.1) is 10.2 Å². The van der Waals surface area contributed by atoms with Crippen molar-refractivity contribution in [3.8, 4) is 0 Å². The number of benzene rings is 2. The normalized spacial score (nSPS) is 15.9. The smallest absolute Gasteiger partial charge is 0.297 e. The van der Waals surface area contributed by atoms with E-state index in [1.165, 1.54) is 16.2 Å².